The van der Waals surface area contributed by atoms with Crippen LogP contribution in [0.3, 0.4) is 0 Å². The Hall–Kier alpha value is -2.22. The Morgan fingerprint density at radius 3 is 2.27 bits per heavy atom. The molecular weight excluding hydrogens is 354 g/mol. The molecule has 0 aliphatic rings. The zero-order valence-electron chi connectivity index (χ0n) is 15.0. The van der Waals surface area contributed by atoms with Gasteiger partial charge in [-0.1, -0.05) is 48.0 Å². The fraction of sp³-hybridized carbons (Fsp3) is 0.316. The highest BCUT2D eigenvalue weighted by Crippen LogP contribution is 2.19. The molecule has 6 nitrogen and oxygen atoms in total. The van der Waals surface area contributed by atoms with Gasteiger partial charge in [-0.15, -0.1) is 0 Å². The molecule has 2 atom stereocenters. The third kappa shape index (κ3) is 4.69. The van der Waals surface area contributed by atoms with Gasteiger partial charge in [0.1, 0.15) is 6.61 Å². The molecule has 140 valence electrons. The van der Waals surface area contributed by atoms with Crippen LogP contribution in [0.2, 0.25) is 0 Å². The van der Waals surface area contributed by atoms with E-state index in [4.69, 9.17) is 4.74 Å². The van der Waals surface area contributed by atoms with Crippen LogP contribution in [-0.2, 0) is 26.2 Å². The van der Waals surface area contributed by atoms with E-state index in [1.54, 1.807) is 36.4 Å². The zero-order valence-corrected chi connectivity index (χ0v) is 15.8. The highest BCUT2D eigenvalue weighted by atomic mass is 32.2. The third-order valence-corrected chi connectivity index (χ3v) is 5.74. The van der Waals surface area contributed by atoms with Crippen LogP contribution < -0.4 is 4.72 Å². The minimum Gasteiger partial charge on any atom is -0.459 e. The van der Waals surface area contributed by atoms with Crippen molar-refractivity contribution in [2.75, 3.05) is 0 Å². The van der Waals surface area contributed by atoms with Gasteiger partial charge < -0.3 is 9.84 Å². The van der Waals surface area contributed by atoms with Crippen molar-refractivity contribution in [1.29, 1.82) is 0 Å². The molecule has 2 aromatic rings. The molecule has 0 amide bonds. The summed E-state index contributed by atoms with van der Waals surface area (Å²) in [6.45, 7) is 4.46. The van der Waals surface area contributed by atoms with Crippen LogP contribution in [0.15, 0.2) is 59.5 Å². The predicted octanol–water partition coefficient (Wildman–Crippen LogP) is 2.16. The van der Waals surface area contributed by atoms with Crippen molar-refractivity contribution in [2.45, 2.75) is 43.9 Å². The van der Waals surface area contributed by atoms with Crippen molar-refractivity contribution in [3.05, 3.63) is 65.7 Å². The standard InChI is InChI=1S/C19H23NO5S/c1-14-9-11-17(12-10-14)26(23,24)20-19(3,15(2)21)18(22)25-13-16-7-5-4-6-8-16/h4-12,15,20-21H,13H2,1-3H3/t15-,19-/m0/s1. The van der Waals surface area contributed by atoms with Gasteiger partial charge in [0, 0.05) is 0 Å². The summed E-state index contributed by atoms with van der Waals surface area (Å²) in [6.07, 6.45) is -1.30. The minimum absolute atomic E-state index is 0.00540. The molecule has 0 aliphatic heterocycles. The van der Waals surface area contributed by atoms with Gasteiger partial charge in [0.2, 0.25) is 10.0 Å². The molecule has 0 bridgehead atoms. The van der Waals surface area contributed by atoms with E-state index < -0.39 is 27.6 Å². The number of benzene rings is 2. The highest BCUT2D eigenvalue weighted by Gasteiger charge is 2.43. The molecule has 0 aromatic heterocycles. The number of aliphatic hydroxyl groups excluding tert-OH is 1. The summed E-state index contributed by atoms with van der Waals surface area (Å²) >= 11 is 0. The largest absolute Gasteiger partial charge is 0.459 e. The van der Waals surface area contributed by atoms with Crippen LogP contribution >= 0.6 is 0 Å². The molecule has 0 fully saturated rings. The van der Waals surface area contributed by atoms with E-state index in [-0.39, 0.29) is 11.5 Å². The van der Waals surface area contributed by atoms with Gasteiger partial charge in [-0.25, -0.2) is 13.2 Å². The van der Waals surface area contributed by atoms with E-state index in [1.165, 1.54) is 26.0 Å². The van der Waals surface area contributed by atoms with Crippen molar-refractivity contribution in [1.82, 2.24) is 4.72 Å². The predicted molar refractivity (Wildman–Crippen MR) is 97.8 cm³/mol. The number of aliphatic hydroxyl groups is 1. The minimum atomic E-state index is -4.02. The Kier molecular flexibility index (Phi) is 6.17. The lowest BCUT2D eigenvalue weighted by Gasteiger charge is -2.30. The molecule has 0 unspecified atom stereocenters. The van der Waals surface area contributed by atoms with Gasteiger partial charge in [-0.2, -0.15) is 4.72 Å². The fourth-order valence-electron chi connectivity index (χ4n) is 2.23. The molecule has 0 saturated heterocycles. The van der Waals surface area contributed by atoms with Crippen molar-refractivity contribution in [3.8, 4) is 0 Å². The van der Waals surface area contributed by atoms with Gasteiger partial charge in [0.05, 0.1) is 11.0 Å². The van der Waals surface area contributed by atoms with Gasteiger partial charge in [0.25, 0.3) is 0 Å². The summed E-state index contributed by atoms with van der Waals surface area (Å²) in [5, 5.41) is 10.1. The Bertz CT molecular complexity index is 847. The SMILES string of the molecule is Cc1ccc(S(=O)(=O)N[C@](C)(C(=O)OCc2ccccc2)[C@H](C)O)cc1. The Morgan fingerprint density at radius 2 is 1.73 bits per heavy atom. The van der Waals surface area contributed by atoms with Crippen LogP contribution in [0.25, 0.3) is 0 Å². The third-order valence-electron chi connectivity index (χ3n) is 4.15. The highest BCUT2D eigenvalue weighted by molar-refractivity contribution is 7.89. The van der Waals surface area contributed by atoms with Crippen LogP contribution in [-0.4, -0.2) is 31.1 Å². The lowest BCUT2D eigenvalue weighted by Crippen LogP contribution is -2.59. The summed E-state index contributed by atoms with van der Waals surface area (Å²) in [7, 11) is -4.02. The molecule has 2 rings (SSSR count). The lowest BCUT2D eigenvalue weighted by molar-refractivity contribution is -0.155. The Labute approximate surface area is 153 Å². The molecular formula is C19H23NO5S. The maximum absolute atomic E-state index is 12.6. The maximum atomic E-state index is 12.6. The van der Waals surface area contributed by atoms with Crippen molar-refractivity contribution in [3.63, 3.8) is 0 Å². The van der Waals surface area contributed by atoms with Crippen molar-refractivity contribution >= 4 is 16.0 Å². The number of sulfonamides is 1. The summed E-state index contributed by atoms with van der Waals surface area (Å²) in [6, 6.07) is 15.2. The smallest absolute Gasteiger partial charge is 0.330 e. The summed E-state index contributed by atoms with van der Waals surface area (Å²) < 4.78 is 32.7. The summed E-state index contributed by atoms with van der Waals surface area (Å²) in [5.41, 5.74) is -0.155. The molecule has 26 heavy (non-hydrogen) atoms. The first-order valence-corrected chi connectivity index (χ1v) is 9.63. The average molecular weight is 377 g/mol. The Morgan fingerprint density at radius 1 is 1.15 bits per heavy atom. The van der Waals surface area contributed by atoms with Gasteiger partial charge in [-0.05, 0) is 38.5 Å². The van der Waals surface area contributed by atoms with Crippen molar-refractivity contribution < 1.29 is 23.1 Å². The van der Waals surface area contributed by atoms with Gasteiger partial charge >= 0.3 is 5.97 Å². The fourth-order valence-corrected chi connectivity index (χ4v) is 3.65. The average Bonchev–Trinajstić information content (AvgIpc) is 2.60. The summed E-state index contributed by atoms with van der Waals surface area (Å²) in [5.74, 6) is -0.855. The number of ether oxygens (including phenoxy) is 1. The van der Waals surface area contributed by atoms with Crippen LogP contribution in [0.4, 0.5) is 0 Å². The van der Waals surface area contributed by atoms with E-state index >= 15 is 0 Å². The van der Waals surface area contributed by atoms with E-state index in [9.17, 15) is 18.3 Å². The number of carbonyl (C=O) groups is 1. The molecule has 7 heteroatoms. The van der Waals surface area contributed by atoms with E-state index in [1.807, 2.05) is 13.0 Å². The van der Waals surface area contributed by atoms with Crippen LogP contribution in [0, 0.1) is 6.92 Å². The molecule has 0 aliphatic carbocycles. The van der Waals surface area contributed by atoms with Gasteiger partial charge in [0.15, 0.2) is 5.54 Å². The first kappa shape index (κ1) is 20.1. The molecule has 0 radical (unpaired) electrons. The number of nitrogens with one attached hydrogen (secondary N) is 1. The van der Waals surface area contributed by atoms with E-state index in [0.717, 1.165) is 11.1 Å². The quantitative estimate of drug-likeness (QED) is 0.722. The lowest BCUT2D eigenvalue weighted by atomic mass is 9.98. The molecule has 0 spiro atoms. The van der Waals surface area contributed by atoms with Gasteiger partial charge in [-0.3, -0.25) is 0 Å². The number of carbonyl (C=O) groups excluding carboxylic acids is 1. The molecule has 0 heterocycles. The first-order valence-electron chi connectivity index (χ1n) is 8.15. The second kappa shape index (κ2) is 7.99. The number of esters is 1. The second-order valence-corrected chi connectivity index (χ2v) is 8.04. The molecule has 0 saturated carbocycles. The number of hydrogen-bond donors (Lipinski definition) is 2. The van der Waals surface area contributed by atoms with E-state index in [2.05, 4.69) is 4.72 Å². The Balaban J connectivity index is 2.19. The van der Waals surface area contributed by atoms with Crippen molar-refractivity contribution in [2.24, 2.45) is 0 Å². The van der Waals surface area contributed by atoms with Crippen LogP contribution in [0.5, 0.6) is 0 Å². The molecule has 2 N–H and O–H groups in total. The van der Waals surface area contributed by atoms with Crippen LogP contribution in [0.1, 0.15) is 25.0 Å². The second-order valence-electron chi connectivity index (χ2n) is 6.36. The summed E-state index contributed by atoms with van der Waals surface area (Å²) in [4.78, 5) is 12.5. The van der Waals surface area contributed by atoms with E-state index in [0.29, 0.717) is 0 Å². The first-order chi connectivity index (χ1) is 12.1. The number of rotatable bonds is 7. The number of hydrogen-bond acceptors (Lipinski definition) is 5. The molecule has 2 aromatic carbocycles. The monoisotopic (exact) mass is 377 g/mol. The number of aryl methyl sites for hydroxylation is 1. The maximum Gasteiger partial charge on any atom is 0.330 e. The normalized spacial score (nSPS) is 15.1. The topological polar surface area (TPSA) is 92.7 Å². The zero-order chi connectivity index (χ0) is 19.4.